The van der Waals surface area contributed by atoms with Crippen molar-refractivity contribution in [3.05, 3.63) is 22.5 Å². The van der Waals surface area contributed by atoms with E-state index in [1.807, 2.05) is 32.1 Å². The van der Waals surface area contributed by atoms with Gasteiger partial charge in [0.05, 0.1) is 5.69 Å². The Bertz CT molecular complexity index is 560. The van der Waals surface area contributed by atoms with Gasteiger partial charge in [-0.1, -0.05) is 32.1 Å². The molecule has 1 N–H and O–H groups in total. The Morgan fingerprint density at radius 2 is 2.12 bits per heavy atom. The average Bonchev–Trinajstić information content (AvgIpc) is 2.64. The molecular formula is C11H14N2O2S. The minimum absolute atomic E-state index is 0.211. The van der Waals surface area contributed by atoms with E-state index >= 15 is 0 Å². The maximum Gasteiger partial charge on any atom is 0.347 e. The highest BCUT2D eigenvalue weighted by Crippen LogP contribution is 2.33. The largest absolute Gasteiger partial charge is 0.477 e. The molecule has 0 saturated carbocycles. The summed E-state index contributed by atoms with van der Waals surface area (Å²) in [5, 5.41) is 9.21. The van der Waals surface area contributed by atoms with Crippen LogP contribution < -0.4 is 0 Å². The van der Waals surface area contributed by atoms with Crippen LogP contribution in [0.5, 0.6) is 0 Å². The van der Waals surface area contributed by atoms with Crippen LogP contribution in [0.2, 0.25) is 0 Å². The lowest BCUT2D eigenvalue weighted by Crippen LogP contribution is -2.18. The summed E-state index contributed by atoms with van der Waals surface area (Å²) in [6, 6.07) is 0. The van der Waals surface area contributed by atoms with Crippen molar-refractivity contribution in [3.63, 3.8) is 0 Å². The second-order valence-electron chi connectivity index (χ2n) is 4.85. The van der Waals surface area contributed by atoms with Crippen molar-refractivity contribution in [2.45, 2.75) is 33.1 Å². The molecule has 0 bridgehead atoms. The van der Waals surface area contributed by atoms with Gasteiger partial charge in [-0.3, -0.25) is 4.40 Å². The molecule has 0 atom stereocenters. The molecule has 0 aromatic carbocycles. The summed E-state index contributed by atoms with van der Waals surface area (Å²) in [6.07, 6.45) is 1.77. The smallest absolute Gasteiger partial charge is 0.347 e. The molecule has 4 nitrogen and oxygen atoms in total. The quantitative estimate of drug-likeness (QED) is 0.831. The molecule has 0 aliphatic carbocycles. The first-order valence-electron chi connectivity index (χ1n) is 5.03. The summed E-state index contributed by atoms with van der Waals surface area (Å²) < 4.78 is 1.94. The minimum Gasteiger partial charge on any atom is -0.477 e. The molecule has 0 radical (unpaired) electrons. The standard InChI is InChI=1S/C11H14N2O2S/c1-6-5-12-10-13(6)8(11(2,3)4)7(16-10)9(14)15/h5H,1-4H3,(H,14,15). The Morgan fingerprint density at radius 1 is 1.50 bits per heavy atom. The van der Waals surface area contributed by atoms with Crippen molar-refractivity contribution in [2.24, 2.45) is 0 Å². The van der Waals surface area contributed by atoms with Crippen LogP contribution in [0.15, 0.2) is 6.20 Å². The van der Waals surface area contributed by atoms with Crippen LogP contribution in [-0.2, 0) is 5.41 Å². The van der Waals surface area contributed by atoms with E-state index in [-0.39, 0.29) is 5.41 Å². The number of fused-ring (bicyclic) bond motifs is 1. The molecule has 86 valence electrons. The van der Waals surface area contributed by atoms with Gasteiger partial charge in [-0.15, -0.1) is 0 Å². The van der Waals surface area contributed by atoms with E-state index in [9.17, 15) is 9.90 Å². The lowest BCUT2D eigenvalue weighted by molar-refractivity contribution is 0.0699. The molecule has 2 rings (SSSR count). The number of imidazole rings is 1. The van der Waals surface area contributed by atoms with E-state index < -0.39 is 5.97 Å². The van der Waals surface area contributed by atoms with Gasteiger partial charge in [-0.05, 0) is 6.92 Å². The molecule has 0 unspecified atom stereocenters. The number of aromatic nitrogens is 2. The number of hydrogen-bond acceptors (Lipinski definition) is 3. The SMILES string of the molecule is Cc1cnc2sc(C(=O)O)c(C(C)(C)C)n12. The molecule has 5 heteroatoms. The van der Waals surface area contributed by atoms with E-state index in [0.717, 1.165) is 16.3 Å². The van der Waals surface area contributed by atoms with Gasteiger partial charge < -0.3 is 5.11 Å². The predicted octanol–water partition coefficient (Wildman–Crippen LogP) is 2.70. The number of carboxylic acids is 1. The van der Waals surface area contributed by atoms with Crippen LogP contribution in [0.1, 0.15) is 41.8 Å². The highest BCUT2D eigenvalue weighted by atomic mass is 32.1. The Kier molecular flexibility index (Phi) is 2.31. The van der Waals surface area contributed by atoms with Gasteiger partial charge in [-0.2, -0.15) is 0 Å². The first-order chi connectivity index (χ1) is 7.32. The summed E-state index contributed by atoms with van der Waals surface area (Å²) in [6.45, 7) is 7.98. The van der Waals surface area contributed by atoms with E-state index in [4.69, 9.17) is 0 Å². The number of nitrogens with zero attached hydrogens (tertiary/aromatic N) is 2. The molecule has 0 amide bonds. The molecule has 0 aliphatic rings. The predicted molar refractivity (Wildman–Crippen MR) is 63.5 cm³/mol. The monoisotopic (exact) mass is 238 g/mol. The lowest BCUT2D eigenvalue weighted by Gasteiger charge is -2.19. The second kappa shape index (κ2) is 3.31. The fraction of sp³-hybridized carbons (Fsp3) is 0.455. The molecule has 2 aromatic heterocycles. The third-order valence-corrected chi connectivity index (χ3v) is 3.49. The van der Waals surface area contributed by atoms with Gasteiger partial charge in [0.25, 0.3) is 0 Å². The number of carbonyl (C=O) groups is 1. The first kappa shape index (κ1) is 11.1. The summed E-state index contributed by atoms with van der Waals surface area (Å²) in [4.78, 5) is 16.6. The fourth-order valence-corrected chi connectivity index (χ4v) is 3.02. The highest BCUT2D eigenvalue weighted by molar-refractivity contribution is 7.19. The molecule has 0 fully saturated rings. The normalized spacial score (nSPS) is 12.2. The van der Waals surface area contributed by atoms with Crippen LogP contribution >= 0.6 is 11.3 Å². The third-order valence-electron chi connectivity index (χ3n) is 2.44. The maximum absolute atomic E-state index is 11.2. The minimum atomic E-state index is -0.875. The van der Waals surface area contributed by atoms with Crippen molar-refractivity contribution in [2.75, 3.05) is 0 Å². The molecule has 0 aliphatic heterocycles. The Labute approximate surface area is 97.6 Å². The second-order valence-corrected chi connectivity index (χ2v) is 5.83. The first-order valence-corrected chi connectivity index (χ1v) is 5.84. The molecule has 0 saturated heterocycles. The number of aromatic carboxylic acids is 1. The summed E-state index contributed by atoms with van der Waals surface area (Å²) in [5.41, 5.74) is 1.59. The molecule has 0 spiro atoms. The van der Waals surface area contributed by atoms with Crippen LogP contribution in [0.4, 0.5) is 0 Å². The van der Waals surface area contributed by atoms with Crippen LogP contribution in [-0.4, -0.2) is 20.5 Å². The maximum atomic E-state index is 11.2. The summed E-state index contributed by atoms with van der Waals surface area (Å²) >= 11 is 1.23. The zero-order valence-electron chi connectivity index (χ0n) is 9.74. The number of rotatable bonds is 1. The number of aryl methyl sites for hydroxylation is 1. The van der Waals surface area contributed by atoms with Crippen LogP contribution in [0.3, 0.4) is 0 Å². The zero-order valence-corrected chi connectivity index (χ0v) is 10.6. The zero-order chi connectivity index (χ0) is 12.1. The van der Waals surface area contributed by atoms with Gasteiger partial charge in [0, 0.05) is 17.3 Å². The average molecular weight is 238 g/mol. The van der Waals surface area contributed by atoms with Gasteiger partial charge in [0.1, 0.15) is 4.88 Å². The van der Waals surface area contributed by atoms with E-state index in [1.54, 1.807) is 6.20 Å². The Balaban J connectivity index is 2.87. The van der Waals surface area contributed by atoms with E-state index in [0.29, 0.717) is 4.88 Å². The van der Waals surface area contributed by atoms with Crippen molar-refractivity contribution in [3.8, 4) is 0 Å². The Hall–Kier alpha value is -1.36. The molecule has 16 heavy (non-hydrogen) atoms. The van der Waals surface area contributed by atoms with Crippen molar-refractivity contribution >= 4 is 22.3 Å². The molecule has 2 heterocycles. The fourth-order valence-electron chi connectivity index (χ4n) is 1.82. The van der Waals surface area contributed by atoms with E-state index in [2.05, 4.69) is 4.98 Å². The van der Waals surface area contributed by atoms with Crippen molar-refractivity contribution in [1.82, 2.24) is 9.38 Å². The van der Waals surface area contributed by atoms with Gasteiger partial charge in [0.15, 0.2) is 4.96 Å². The summed E-state index contributed by atoms with van der Waals surface area (Å²) in [5.74, 6) is -0.875. The van der Waals surface area contributed by atoms with Crippen molar-refractivity contribution in [1.29, 1.82) is 0 Å². The van der Waals surface area contributed by atoms with Gasteiger partial charge in [0.2, 0.25) is 0 Å². The number of thiazole rings is 1. The Morgan fingerprint density at radius 3 is 2.62 bits per heavy atom. The molecular weight excluding hydrogens is 224 g/mol. The van der Waals surface area contributed by atoms with Gasteiger partial charge >= 0.3 is 5.97 Å². The summed E-state index contributed by atoms with van der Waals surface area (Å²) in [7, 11) is 0. The van der Waals surface area contributed by atoms with Crippen LogP contribution in [0.25, 0.3) is 4.96 Å². The van der Waals surface area contributed by atoms with Gasteiger partial charge in [-0.25, -0.2) is 9.78 Å². The highest BCUT2D eigenvalue weighted by Gasteiger charge is 2.28. The third kappa shape index (κ3) is 1.51. The van der Waals surface area contributed by atoms with Crippen LogP contribution in [0, 0.1) is 6.92 Å². The lowest BCUT2D eigenvalue weighted by atomic mass is 9.91. The number of hydrogen-bond donors (Lipinski definition) is 1. The van der Waals surface area contributed by atoms with Crippen molar-refractivity contribution < 1.29 is 9.90 Å². The molecule has 2 aromatic rings. The van der Waals surface area contributed by atoms with E-state index in [1.165, 1.54) is 11.3 Å². The topological polar surface area (TPSA) is 54.6 Å². The number of carboxylic acid groups (broad SMARTS) is 1.